The highest BCUT2D eigenvalue weighted by molar-refractivity contribution is 7.91. The van der Waals surface area contributed by atoms with Gasteiger partial charge in [0, 0.05) is 43.9 Å². The molecule has 1 aromatic rings. The molecule has 25 heavy (non-hydrogen) atoms. The van der Waals surface area contributed by atoms with E-state index in [4.69, 9.17) is 0 Å². The number of sulfone groups is 1. The predicted molar refractivity (Wildman–Crippen MR) is 93.7 cm³/mol. The maximum Gasteiger partial charge on any atom is 0.225 e. The van der Waals surface area contributed by atoms with E-state index < -0.39 is 31.0 Å². The molecule has 2 saturated heterocycles. The summed E-state index contributed by atoms with van der Waals surface area (Å²) in [4.78, 5) is 11.1. The number of hydrogen-bond donors (Lipinski definition) is 0. The molecule has 3 aliphatic heterocycles. The smallest absolute Gasteiger partial charge is 0.225 e. The quantitative estimate of drug-likeness (QED) is 0.727. The first-order chi connectivity index (χ1) is 11.8. The van der Waals surface area contributed by atoms with Crippen molar-refractivity contribution in [1.82, 2.24) is 14.3 Å². The Kier molecular flexibility index (Phi) is 4.04. The van der Waals surface area contributed by atoms with E-state index in [1.54, 1.807) is 13.1 Å². The van der Waals surface area contributed by atoms with E-state index in [2.05, 4.69) is 14.9 Å². The number of aromatic nitrogens is 2. The van der Waals surface area contributed by atoms with E-state index >= 15 is 0 Å². The van der Waals surface area contributed by atoms with Gasteiger partial charge in [-0.25, -0.2) is 26.8 Å². The Morgan fingerprint density at radius 1 is 1.24 bits per heavy atom. The van der Waals surface area contributed by atoms with Crippen molar-refractivity contribution in [2.45, 2.75) is 36.7 Å². The molecule has 4 rings (SSSR count). The standard InChI is InChI=1S/C15H22N4O4S2/c1-2-25(22,23)19-8-12-13(9-19)24(20,21)10-11-7-16-15(17-14(11)12)18-5-3-4-6-18/h7,12-13H,2-6,8-10H2,1H3/t12-,13+/m0/s1. The zero-order valence-corrected chi connectivity index (χ0v) is 15.8. The molecule has 0 aromatic carbocycles. The van der Waals surface area contributed by atoms with Gasteiger partial charge in [0.25, 0.3) is 0 Å². The molecule has 0 bridgehead atoms. The molecule has 0 radical (unpaired) electrons. The minimum atomic E-state index is -3.42. The molecule has 138 valence electrons. The molecule has 1 aromatic heterocycles. The van der Waals surface area contributed by atoms with Gasteiger partial charge >= 0.3 is 0 Å². The number of anilines is 1. The number of rotatable bonds is 3. The van der Waals surface area contributed by atoms with Crippen molar-refractivity contribution in [3.05, 3.63) is 17.5 Å². The second kappa shape index (κ2) is 5.88. The maximum atomic E-state index is 12.6. The molecule has 0 saturated carbocycles. The van der Waals surface area contributed by atoms with Gasteiger partial charge in [-0.15, -0.1) is 0 Å². The molecule has 10 heteroatoms. The lowest BCUT2D eigenvalue weighted by atomic mass is 10.00. The molecule has 0 aliphatic carbocycles. The Bertz CT molecular complexity index is 894. The van der Waals surface area contributed by atoms with Gasteiger partial charge in [-0.1, -0.05) is 0 Å². The third kappa shape index (κ3) is 2.83. The highest BCUT2D eigenvalue weighted by atomic mass is 32.2. The lowest BCUT2D eigenvalue weighted by molar-refractivity contribution is 0.473. The van der Waals surface area contributed by atoms with Crippen molar-refractivity contribution in [2.24, 2.45) is 0 Å². The number of sulfonamides is 1. The van der Waals surface area contributed by atoms with Crippen LogP contribution in [0, 0.1) is 0 Å². The molecule has 0 N–H and O–H groups in total. The first kappa shape index (κ1) is 17.2. The second-order valence-corrected chi connectivity index (χ2v) is 11.4. The minimum absolute atomic E-state index is 0.0256. The van der Waals surface area contributed by atoms with Crippen LogP contribution in [-0.2, 0) is 25.6 Å². The fourth-order valence-electron chi connectivity index (χ4n) is 4.01. The van der Waals surface area contributed by atoms with Crippen LogP contribution in [0.4, 0.5) is 5.95 Å². The van der Waals surface area contributed by atoms with Gasteiger partial charge in [0.1, 0.15) is 0 Å². The average molecular weight is 386 g/mol. The monoisotopic (exact) mass is 386 g/mol. The Morgan fingerprint density at radius 3 is 2.64 bits per heavy atom. The van der Waals surface area contributed by atoms with Gasteiger partial charge in [0.05, 0.1) is 22.4 Å². The molecule has 0 spiro atoms. The minimum Gasteiger partial charge on any atom is -0.341 e. The summed E-state index contributed by atoms with van der Waals surface area (Å²) in [6.45, 7) is 3.60. The van der Waals surface area contributed by atoms with Gasteiger partial charge in [-0.3, -0.25) is 0 Å². The summed E-state index contributed by atoms with van der Waals surface area (Å²) in [6, 6.07) is 0. The van der Waals surface area contributed by atoms with Crippen LogP contribution in [-0.4, -0.2) is 68.3 Å². The second-order valence-electron chi connectivity index (χ2n) is 6.94. The van der Waals surface area contributed by atoms with Crippen molar-refractivity contribution in [3.8, 4) is 0 Å². The van der Waals surface area contributed by atoms with Gasteiger partial charge in [0.15, 0.2) is 9.84 Å². The lowest BCUT2D eigenvalue weighted by Crippen LogP contribution is -2.36. The molecular weight excluding hydrogens is 364 g/mol. The normalized spacial score (nSPS) is 28.8. The highest BCUT2D eigenvalue weighted by Crippen LogP contribution is 2.40. The molecule has 0 unspecified atom stereocenters. The Balaban J connectivity index is 1.74. The van der Waals surface area contributed by atoms with Crippen molar-refractivity contribution in [1.29, 1.82) is 0 Å². The summed E-state index contributed by atoms with van der Waals surface area (Å²) in [5.74, 6) is 0.0943. The van der Waals surface area contributed by atoms with Crippen LogP contribution in [0.3, 0.4) is 0 Å². The largest absolute Gasteiger partial charge is 0.341 e. The number of hydrogen-bond acceptors (Lipinski definition) is 7. The molecule has 2 fully saturated rings. The average Bonchev–Trinajstić information content (AvgIpc) is 3.25. The summed E-state index contributed by atoms with van der Waals surface area (Å²) >= 11 is 0. The van der Waals surface area contributed by atoms with Crippen molar-refractivity contribution in [2.75, 3.05) is 36.8 Å². The van der Waals surface area contributed by atoms with Gasteiger partial charge < -0.3 is 4.90 Å². The molecule has 2 atom stereocenters. The molecular formula is C15H22N4O4S2. The summed E-state index contributed by atoms with van der Waals surface area (Å²) in [7, 11) is -6.83. The Morgan fingerprint density at radius 2 is 1.96 bits per heavy atom. The highest BCUT2D eigenvalue weighted by Gasteiger charge is 2.49. The van der Waals surface area contributed by atoms with E-state index in [0.29, 0.717) is 17.2 Å². The molecule has 4 heterocycles. The molecule has 0 amide bonds. The Labute approximate surface area is 148 Å². The van der Waals surface area contributed by atoms with E-state index in [1.165, 1.54) is 4.31 Å². The van der Waals surface area contributed by atoms with Gasteiger partial charge in [-0.05, 0) is 19.8 Å². The fraction of sp³-hybridized carbons (Fsp3) is 0.733. The van der Waals surface area contributed by atoms with Gasteiger partial charge in [0.2, 0.25) is 16.0 Å². The molecule has 3 aliphatic rings. The van der Waals surface area contributed by atoms with Crippen LogP contribution in [0.15, 0.2) is 6.20 Å². The van der Waals surface area contributed by atoms with E-state index in [-0.39, 0.29) is 24.6 Å². The lowest BCUT2D eigenvalue weighted by Gasteiger charge is -2.27. The van der Waals surface area contributed by atoms with Gasteiger partial charge in [-0.2, -0.15) is 4.31 Å². The number of nitrogens with zero attached hydrogens (tertiary/aromatic N) is 4. The zero-order chi connectivity index (χ0) is 17.8. The van der Waals surface area contributed by atoms with E-state index in [0.717, 1.165) is 25.9 Å². The Hall–Kier alpha value is -1.26. The van der Waals surface area contributed by atoms with E-state index in [9.17, 15) is 16.8 Å². The summed E-state index contributed by atoms with van der Waals surface area (Å²) < 4.78 is 51.1. The first-order valence-corrected chi connectivity index (χ1v) is 11.9. The first-order valence-electron chi connectivity index (χ1n) is 8.62. The third-order valence-corrected chi connectivity index (χ3v) is 9.36. The van der Waals surface area contributed by atoms with Crippen LogP contribution in [0.5, 0.6) is 0 Å². The van der Waals surface area contributed by atoms with E-state index in [1.807, 2.05) is 0 Å². The summed E-state index contributed by atoms with van der Waals surface area (Å²) in [6.07, 6.45) is 3.81. The maximum absolute atomic E-state index is 12.6. The third-order valence-electron chi connectivity index (χ3n) is 5.43. The summed E-state index contributed by atoms with van der Waals surface area (Å²) in [5, 5.41) is -0.706. The van der Waals surface area contributed by atoms with Crippen LogP contribution in [0.25, 0.3) is 0 Å². The molecule has 8 nitrogen and oxygen atoms in total. The van der Waals surface area contributed by atoms with Crippen molar-refractivity contribution < 1.29 is 16.8 Å². The number of fused-ring (bicyclic) bond motifs is 3. The SMILES string of the molecule is CCS(=O)(=O)N1C[C@@H]2c3nc(N4CCCC4)ncc3CS(=O)(=O)[C@@H]2C1. The van der Waals surface area contributed by atoms with Crippen LogP contribution in [0.2, 0.25) is 0 Å². The zero-order valence-electron chi connectivity index (χ0n) is 14.1. The topological polar surface area (TPSA) is 101 Å². The summed E-state index contributed by atoms with van der Waals surface area (Å²) in [5.41, 5.74) is 1.32. The van der Waals surface area contributed by atoms with Crippen molar-refractivity contribution in [3.63, 3.8) is 0 Å². The predicted octanol–water partition coefficient (Wildman–Crippen LogP) is 0.123. The van der Waals surface area contributed by atoms with Crippen LogP contribution >= 0.6 is 0 Å². The fourth-order valence-corrected chi connectivity index (χ4v) is 7.24. The van der Waals surface area contributed by atoms with Crippen LogP contribution in [0.1, 0.15) is 36.9 Å². The van der Waals surface area contributed by atoms with Crippen LogP contribution < -0.4 is 4.90 Å². The van der Waals surface area contributed by atoms with Crippen molar-refractivity contribution >= 4 is 25.8 Å².